The van der Waals surface area contributed by atoms with Gasteiger partial charge in [-0.15, -0.1) is 0 Å². The average Bonchev–Trinajstić information content (AvgIpc) is 2.86. The molecule has 178 valence electrons. The van der Waals surface area contributed by atoms with Crippen LogP contribution in [-0.2, 0) is 21.2 Å². The first kappa shape index (κ1) is 24.5. The van der Waals surface area contributed by atoms with Crippen LogP contribution < -0.4 is 5.32 Å². The van der Waals surface area contributed by atoms with E-state index in [2.05, 4.69) is 5.32 Å². The highest BCUT2D eigenvalue weighted by atomic mass is 32.2. The summed E-state index contributed by atoms with van der Waals surface area (Å²) in [6.45, 7) is 0.790. The van der Waals surface area contributed by atoms with Gasteiger partial charge in [0.2, 0.25) is 15.9 Å². The molecule has 4 rings (SSSR count). The van der Waals surface area contributed by atoms with Crippen LogP contribution in [0.15, 0.2) is 94.7 Å². The van der Waals surface area contributed by atoms with Crippen molar-refractivity contribution in [2.75, 3.05) is 24.2 Å². The zero-order valence-corrected chi connectivity index (χ0v) is 20.7. The number of amides is 1. The van der Waals surface area contributed by atoms with Crippen LogP contribution in [0.4, 0.5) is 5.69 Å². The predicted molar refractivity (Wildman–Crippen MR) is 138 cm³/mol. The van der Waals surface area contributed by atoms with Gasteiger partial charge in [0, 0.05) is 28.8 Å². The van der Waals surface area contributed by atoms with Crippen molar-refractivity contribution < 1.29 is 13.2 Å². The SMILES string of the molecule is O=C(Nc1ccccc1Sc1ccccc1)C1CCN(S(=O)(=O)CCCc2ccccc2)CC1. The number of aryl methyl sites for hydroxylation is 1. The van der Waals surface area contributed by atoms with Crippen molar-refractivity contribution in [3.8, 4) is 0 Å². The van der Waals surface area contributed by atoms with Gasteiger partial charge in [0.1, 0.15) is 0 Å². The summed E-state index contributed by atoms with van der Waals surface area (Å²) < 4.78 is 27.1. The second-order valence-corrected chi connectivity index (χ2v) is 11.7. The Bertz CT molecular complexity index is 1180. The predicted octanol–water partition coefficient (Wildman–Crippen LogP) is 5.45. The van der Waals surface area contributed by atoms with E-state index >= 15 is 0 Å². The van der Waals surface area contributed by atoms with Crippen molar-refractivity contribution in [2.45, 2.75) is 35.5 Å². The molecule has 0 atom stereocenters. The number of para-hydroxylation sites is 1. The van der Waals surface area contributed by atoms with Gasteiger partial charge >= 0.3 is 0 Å². The van der Waals surface area contributed by atoms with E-state index in [1.165, 1.54) is 0 Å². The molecule has 0 aromatic heterocycles. The number of nitrogens with one attached hydrogen (secondary N) is 1. The molecular weight excluding hydrogens is 464 g/mol. The highest BCUT2D eigenvalue weighted by Gasteiger charge is 2.31. The van der Waals surface area contributed by atoms with Crippen molar-refractivity contribution in [3.63, 3.8) is 0 Å². The van der Waals surface area contributed by atoms with Crippen LogP contribution in [0.5, 0.6) is 0 Å². The fourth-order valence-corrected chi connectivity index (χ4v) is 6.60. The van der Waals surface area contributed by atoms with Gasteiger partial charge in [0.05, 0.1) is 11.4 Å². The molecule has 7 heteroatoms. The van der Waals surface area contributed by atoms with Crippen LogP contribution in [0.25, 0.3) is 0 Å². The van der Waals surface area contributed by atoms with E-state index < -0.39 is 10.0 Å². The molecule has 0 spiro atoms. The van der Waals surface area contributed by atoms with Gasteiger partial charge < -0.3 is 5.32 Å². The Morgan fingerprint density at radius 2 is 1.50 bits per heavy atom. The minimum absolute atomic E-state index is 0.0396. The summed E-state index contributed by atoms with van der Waals surface area (Å²) in [5, 5.41) is 3.08. The topological polar surface area (TPSA) is 66.5 Å². The lowest BCUT2D eigenvalue weighted by molar-refractivity contribution is -0.120. The summed E-state index contributed by atoms with van der Waals surface area (Å²) in [6, 6.07) is 27.8. The third-order valence-electron chi connectivity index (χ3n) is 6.04. The van der Waals surface area contributed by atoms with Gasteiger partial charge in [0.15, 0.2) is 0 Å². The normalized spacial score (nSPS) is 15.2. The lowest BCUT2D eigenvalue weighted by atomic mass is 9.97. The van der Waals surface area contributed by atoms with E-state index in [1.54, 1.807) is 16.1 Å². The number of carbonyl (C=O) groups excluding carboxylic acids is 1. The lowest BCUT2D eigenvalue weighted by Crippen LogP contribution is -2.42. The molecule has 3 aromatic rings. The van der Waals surface area contributed by atoms with Crippen LogP contribution >= 0.6 is 11.8 Å². The number of sulfonamides is 1. The van der Waals surface area contributed by atoms with E-state index in [9.17, 15) is 13.2 Å². The molecular formula is C27H30N2O3S2. The molecule has 34 heavy (non-hydrogen) atoms. The van der Waals surface area contributed by atoms with Crippen molar-refractivity contribution in [2.24, 2.45) is 5.92 Å². The number of rotatable bonds is 9. The number of nitrogens with zero attached hydrogens (tertiary/aromatic N) is 1. The first-order valence-corrected chi connectivity index (χ1v) is 14.1. The average molecular weight is 495 g/mol. The molecule has 1 saturated heterocycles. The number of anilines is 1. The Balaban J connectivity index is 1.28. The minimum Gasteiger partial charge on any atom is -0.325 e. The quantitative estimate of drug-likeness (QED) is 0.430. The fourth-order valence-electron chi connectivity index (χ4n) is 4.14. The second-order valence-electron chi connectivity index (χ2n) is 8.48. The number of hydrogen-bond donors (Lipinski definition) is 1. The van der Waals surface area contributed by atoms with Crippen LogP contribution in [0.1, 0.15) is 24.8 Å². The summed E-state index contributed by atoms with van der Waals surface area (Å²) in [4.78, 5) is 15.1. The molecule has 3 aromatic carbocycles. The largest absolute Gasteiger partial charge is 0.325 e. The van der Waals surface area contributed by atoms with Crippen LogP contribution in [-0.4, -0.2) is 37.5 Å². The monoisotopic (exact) mass is 494 g/mol. The molecule has 5 nitrogen and oxygen atoms in total. The van der Waals surface area contributed by atoms with Gasteiger partial charge in [0.25, 0.3) is 0 Å². The van der Waals surface area contributed by atoms with Crippen molar-refractivity contribution >= 4 is 33.4 Å². The number of carbonyl (C=O) groups is 1. The second kappa shape index (κ2) is 11.7. The smallest absolute Gasteiger partial charge is 0.227 e. The lowest BCUT2D eigenvalue weighted by Gasteiger charge is -2.30. The molecule has 1 fully saturated rings. The highest BCUT2D eigenvalue weighted by Crippen LogP contribution is 2.34. The molecule has 0 radical (unpaired) electrons. The van der Waals surface area contributed by atoms with Crippen molar-refractivity contribution in [1.29, 1.82) is 0 Å². The van der Waals surface area contributed by atoms with Gasteiger partial charge in [-0.1, -0.05) is 72.4 Å². The maximum Gasteiger partial charge on any atom is 0.227 e. The molecule has 1 aliphatic rings. The van der Waals surface area contributed by atoms with Crippen molar-refractivity contribution in [1.82, 2.24) is 4.31 Å². The molecule has 1 aliphatic heterocycles. The maximum absolute atomic E-state index is 13.0. The van der Waals surface area contributed by atoms with E-state index in [0.29, 0.717) is 32.4 Å². The Morgan fingerprint density at radius 3 is 2.21 bits per heavy atom. The van der Waals surface area contributed by atoms with E-state index in [1.807, 2.05) is 84.9 Å². The van der Waals surface area contributed by atoms with Crippen LogP contribution in [0, 0.1) is 5.92 Å². The summed E-state index contributed by atoms with van der Waals surface area (Å²) in [5.41, 5.74) is 1.94. The summed E-state index contributed by atoms with van der Waals surface area (Å²) in [5.74, 6) is -0.0872. The van der Waals surface area contributed by atoms with Gasteiger partial charge in [-0.2, -0.15) is 0 Å². The Hall–Kier alpha value is -2.61. The van der Waals surface area contributed by atoms with Gasteiger partial charge in [-0.25, -0.2) is 12.7 Å². The van der Waals surface area contributed by atoms with Crippen molar-refractivity contribution in [3.05, 3.63) is 90.5 Å². The van der Waals surface area contributed by atoms with Crippen LogP contribution in [0.2, 0.25) is 0 Å². The molecule has 0 saturated carbocycles. The Morgan fingerprint density at radius 1 is 0.882 bits per heavy atom. The highest BCUT2D eigenvalue weighted by molar-refractivity contribution is 7.99. The minimum atomic E-state index is -3.30. The maximum atomic E-state index is 13.0. The molecule has 0 unspecified atom stereocenters. The van der Waals surface area contributed by atoms with E-state index in [-0.39, 0.29) is 17.6 Å². The van der Waals surface area contributed by atoms with Gasteiger partial charge in [-0.3, -0.25) is 4.79 Å². The summed E-state index contributed by atoms with van der Waals surface area (Å²) in [7, 11) is -3.30. The van der Waals surface area contributed by atoms with E-state index in [0.717, 1.165) is 27.5 Å². The molecule has 0 bridgehead atoms. The zero-order chi connectivity index (χ0) is 23.8. The summed E-state index contributed by atoms with van der Waals surface area (Å²) in [6.07, 6.45) is 2.43. The summed E-state index contributed by atoms with van der Waals surface area (Å²) >= 11 is 1.61. The molecule has 1 amide bonds. The standard InChI is InChI=1S/C27H30N2O3S2/c30-27(28-25-15-7-8-16-26(25)33-24-13-5-2-6-14-24)23-17-19-29(20-18-23)34(31,32)21-9-12-22-10-3-1-4-11-22/h1-8,10-11,13-16,23H,9,12,17-21H2,(H,28,30). The number of piperidine rings is 1. The van der Waals surface area contributed by atoms with Gasteiger partial charge in [-0.05, 0) is 55.5 Å². The first-order chi connectivity index (χ1) is 16.5. The molecule has 1 heterocycles. The fraction of sp³-hybridized carbons (Fsp3) is 0.296. The zero-order valence-electron chi connectivity index (χ0n) is 19.1. The third kappa shape index (κ3) is 6.72. The Labute approximate surface area is 206 Å². The van der Waals surface area contributed by atoms with Crippen LogP contribution in [0.3, 0.4) is 0 Å². The third-order valence-corrected chi connectivity index (χ3v) is 9.08. The first-order valence-electron chi connectivity index (χ1n) is 11.7. The molecule has 1 N–H and O–H groups in total. The molecule has 0 aliphatic carbocycles. The Kier molecular flexibility index (Phi) is 8.43. The van der Waals surface area contributed by atoms with E-state index in [4.69, 9.17) is 0 Å². The number of benzene rings is 3. The number of hydrogen-bond acceptors (Lipinski definition) is 4.